The molecule has 7 heteroatoms. The van der Waals surface area contributed by atoms with Crippen LogP contribution in [0.25, 0.3) is 22.2 Å². The normalized spacial score (nSPS) is 12.3. The van der Waals surface area contributed by atoms with Crippen LogP contribution in [0, 0.1) is 0 Å². The van der Waals surface area contributed by atoms with Crippen LogP contribution in [0.15, 0.2) is 77.9 Å². The van der Waals surface area contributed by atoms with Crippen molar-refractivity contribution in [1.82, 2.24) is 10.4 Å². The second-order valence-electron chi connectivity index (χ2n) is 7.08. The largest absolute Gasteiger partial charge is 0.496 e. The summed E-state index contributed by atoms with van der Waals surface area (Å²) in [6, 6.07) is 22.3. The molecule has 0 atom stereocenters. The molecule has 0 aliphatic carbocycles. The molecule has 0 bridgehead atoms. The maximum Gasteiger partial charge on any atom is 0.272 e. The number of ether oxygens (including phenoxy) is 3. The van der Waals surface area contributed by atoms with Crippen LogP contribution in [-0.4, -0.2) is 31.0 Å². The van der Waals surface area contributed by atoms with Gasteiger partial charge in [0.2, 0.25) is 6.79 Å². The van der Waals surface area contributed by atoms with E-state index in [1.54, 1.807) is 31.5 Å². The SMILES string of the molecule is COc1ccccc1-c1cc(C(=O)NN=Cc2ccc3c(c2)OCO3)c2ccccc2n1. The van der Waals surface area contributed by atoms with E-state index in [-0.39, 0.29) is 12.7 Å². The smallest absolute Gasteiger partial charge is 0.272 e. The van der Waals surface area contributed by atoms with Crippen LogP contribution in [0.4, 0.5) is 0 Å². The number of hydrogen-bond acceptors (Lipinski definition) is 6. The lowest BCUT2D eigenvalue weighted by Crippen LogP contribution is -2.18. The number of methoxy groups -OCH3 is 1. The van der Waals surface area contributed by atoms with Crippen LogP contribution >= 0.6 is 0 Å². The van der Waals surface area contributed by atoms with Crippen molar-refractivity contribution in [1.29, 1.82) is 0 Å². The Bertz CT molecular complexity index is 1350. The van der Waals surface area contributed by atoms with Crippen molar-refractivity contribution in [3.63, 3.8) is 0 Å². The Labute approximate surface area is 184 Å². The number of para-hydroxylation sites is 2. The van der Waals surface area contributed by atoms with Crippen molar-refractivity contribution >= 4 is 23.0 Å². The summed E-state index contributed by atoms with van der Waals surface area (Å²) in [5.41, 5.74) is 6.02. The number of hydrogen-bond donors (Lipinski definition) is 1. The minimum absolute atomic E-state index is 0.205. The van der Waals surface area contributed by atoms with E-state index in [1.165, 1.54) is 0 Å². The molecule has 2 heterocycles. The average molecular weight is 425 g/mol. The predicted octanol–water partition coefficient (Wildman–Crippen LogP) is 4.40. The lowest BCUT2D eigenvalue weighted by molar-refractivity contribution is 0.0956. The summed E-state index contributed by atoms with van der Waals surface area (Å²) in [5, 5.41) is 4.86. The molecule has 0 saturated heterocycles. The molecule has 0 spiro atoms. The molecule has 32 heavy (non-hydrogen) atoms. The van der Waals surface area contributed by atoms with Gasteiger partial charge in [-0.25, -0.2) is 10.4 Å². The summed E-state index contributed by atoms with van der Waals surface area (Å²) in [6.07, 6.45) is 1.56. The maximum absolute atomic E-state index is 13.0. The van der Waals surface area contributed by atoms with Gasteiger partial charge < -0.3 is 14.2 Å². The Balaban J connectivity index is 1.46. The predicted molar refractivity (Wildman–Crippen MR) is 121 cm³/mol. The fourth-order valence-corrected chi connectivity index (χ4v) is 3.58. The van der Waals surface area contributed by atoms with Gasteiger partial charge in [-0.3, -0.25) is 4.79 Å². The summed E-state index contributed by atoms with van der Waals surface area (Å²) in [6.45, 7) is 0.205. The molecule has 1 aliphatic rings. The molecule has 158 valence electrons. The molecule has 0 saturated carbocycles. The quantitative estimate of drug-likeness (QED) is 0.379. The monoisotopic (exact) mass is 425 g/mol. The van der Waals surface area contributed by atoms with E-state index in [2.05, 4.69) is 10.5 Å². The van der Waals surface area contributed by atoms with Gasteiger partial charge in [-0.1, -0.05) is 30.3 Å². The third kappa shape index (κ3) is 3.72. The van der Waals surface area contributed by atoms with Crippen molar-refractivity contribution in [3.05, 3.63) is 83.9 Å². The Morgan fingerprint density at radius 1 is 1.03 bits per heavy atom. The third-order valence-electron chi connectivity index (χ3n) is 5.12. The molecule has 5 rings (SSSR count). The van der Waals surface area contributed by atoms with E-state index in [1.807, 2.05) is 54.6 Å². The number of rotatable bonds is 5. The first-order valence-electron chi connectivity index (χ1n) is 9.99. The van der Waals surface area contributed by atoms with E-state index in [0.29, 0.717) is 34.0 Å². The molecule has 1 aliphatic heterocycles. The number of benzene rings is 3. The van der Waals surface area contributed by atoms with Crippen LogP contribution in [0.3, 0.4) is 0 Å². The highest BCUT2D eigenvalue weighted by molar-refractivity contribution is 6.07. The molecule has 7 nitrogen and oxygen atoms in total. The number of nitrogens with zero attached hydrogens (tertiary/aromatic N) is 2. The second-order valence-corrected chi connectivity index (χ2v) is 7.08. The minimum atomic E-state index is -0.336. The molecule has 3 aromatic carbocycles. The van der Waals surface area contributed by atoms with E-state index >= 15 is 0 Å². The first-order chi connectivity index (χ1) is 15.7. The van der Waals surface area contributed by atoms with Crippen molar-refractivity contribution in [2.24, 2.45) is 5.10 Å². The zero-order chi connectivity index (χ0) is 21.9. The Morgan fingerprint density at radius 3 is 2.75 bits per heavy atom. The summed E-state index contributed by atoms with van der Waals surface area (Å²) in [7, 11) is 1.61. The van der Waals surface area contributed by atoms with Crippen LogP contribution in [0.1, 0.15) is 15.9 Å². The van der Waals surface area contributed by atoms with Gasteiger partial charge >= 0.3 is 0 Å². The van der Waals surface area contributed by atoms with Crippen LogP contribution in [-0.2, 0) is 0 Å². The summed E-state index contributed by atoms with van der Waals surface area (Å²) in [4.78, 5) is 17.8. The highest BCUT2D eigenvalue weighted by Crippen LogP contribution is 2.32. The molecule has 4 aromatic rings. The second kappa shape index (κ2) is 8.39. The molecular weight excluding hydrogens is 406 g/mol. The van der Waals surface area contributed by atoms with E-state index in [9.17, 15) is 4.79 Å². The lowest BCUT2D eigenvalue weighted by Gasteiger charge is -2.11. The van der Waals surface area contributed by atoms with E-state index in [0.717, 1.165) is 16.5 Å². The number of pyridine rings is 1. The molecule has 1 amide bonds. The van der Waals surface area contributed by atoms with Gasteiger partial charge in [0.1, 0.15) is 5.75 Å². The lowest BCUT2D eigenvalue weighted by atomic mass is 10.0. The number of fused-ring (bicyclic) bond motifs is 2. The van der Waals surface area contributed by atoms with Crippen molar-refractivity contribution < 1.29 is 19.0 Å². The maximum atomic E-state index is 13.0. The Hall–Kier alpha value is -4.39. The van der Waals surface area contributed by atoms with Gasteiger partial charge in [0, 0.05) is 10.9 Å². The van der Waals surface area contributed by atoms with Gasteiger partial charge in [-0.2, -0.15) is 5.10 Å². The number of carbonyl (C=O) groups is 1. The van der Waals surface area contributed by atoms with Crippen LogP contribution in [0.5, 0.6) is 17.2 Å². The Kier molecular flexibility index (Phi) is 5.13. The third-order valence-corrected chi connectivity index (χ3v) is 5.12. The zero-order valence-corrected chi connectivity index (χ0v) is 17.2. The summed E-state index contributed by atoms with van der Waals surface area (Å²) < 4.78 is 16.2. The summed E-state index contributed by atoms with van der Waals surface area (Å²) in [5.74, 6) is 1.69. The fraction of sp³-hybridized carbons (Fsp3) is 0.0800. The van der Waals surface area contributed by atoms with Crippen molar-refractivity contribution in [2.45, 2.75) is 0 Å². The van der Waals surface area contributed by atoms with Crippen molar-refractivity contribution in [2.75, 3.05) is 13.9 Å². The highest BCUT2D eigenvalue weighted by atomic mass is 16.7. The van der Waals surface area contributed by atoms with Crippen LogP contribution in [0.2, 0.25) is 0 Å². The van der Waals surface area contributed by atoms with Crippen molar-refractivity contribution in [3.8, 4) is 28.5 Å². The number of amides is 1. The van der Waals surface area contributed by atoms with E-state index < -0.39 is 0 Å². The zero-order valence-electron chi connectivity index (χ0n) is 17.2. The first kappa shape index (κ1) is 19.6. The average Bonchev–Trinajstić information content (AvgIpc) is 3.31. The van der Waals surface area contributed by atoms with Gasteiger partial charge in [0.15, 0.2) is 11.5 Å². The molecule has 1 aromatic heterocycles. The number of carbonyl (C=O) groups excluding carboxylic acids is 1. The summed E-state index contributed by atoms with van der Waals surface area (Å²) >= 11 is 0. The van der Waals surface area contributed by atoms with Crippen LogP contribution < -0.4 is 19.6 Å². The standard InChI is InChI=1S/C25H19N3O4/c1-30-22-9-5-3-7-18(22)21-13-19(17-6-2-4-8-20(17)27-21)25(29)28-26-14-16-10-11-23-24(12-16)32-15-31-23/h2-14H,15H2,1H3,(H,28,29). The fourth-order valence-electron chi connectivity index (χ4n) is 3.58. The topological polar surface area (TPSA) is 82.0 Å². The Morgan fingerprint density at radius 2 is 1.84 bits per heavy atom. The molecular formula is C25H19N3O4. The number of nitrogens with one attached hydrogen (secondary N) is 1. The van der Waals surface area contributed by atoms with E-state index in [4.69, 9.17) is 19.2 Å². The number of aromatic nitrogens is 1. The van der Waals surface area contributed by atoms with Gasteiger partial charge in [0.05, 0.1) is 30.1 Å². The molecule has 0 radical (unpaired) electrons. The number of hydrazone groups is 1. The molecule has 0 fully saturated rings. The highest BCUT2D eigenvalue weighted by Gasteiger charge is 2.16. The molecule has 1 N–H and O–H groups in total. The first-order valence-corrected chi connectivity index (χ1v) is 9.99. The van der Waals surface area contributed by atoms with Gasteiger partial charge in [-0.15, -0.1) is 0 Å². The van der Waals surface area contributed by atoms with Gasteiger partial charge in [-0.05, 0) is 48.0 Å². The minimum Gasteiger partial charge on any atom is -0.496 e. The van der Waals surface area contributed by atoms with Gasteiger partial charge in [0.25, 0.3) is 5.91 Å². The molecule has 0 unspecified atom stereocenters.